The number of aromatic nitrogens is 1. The van der Waals surface area contributed by atoms with Gasteiger partial charge in [0.05, 0.1) is 6.61 Å². The lowest BCUT2D eigenvalue weighted by Crippen LogP contribution is -2.58. The van der Waals surface area contributed by atoms with Crippen molar-refractivity contribution in [1.82, 2.24) is 15.4 Å². The normalized spacial score (nSPS) is 19.5. The molecule has 138 valence electrons. The van der Waals surface area contributed by atoms with E-state index in [1.807, 2.05) is 36.4 Å². The van der Waals surface area contributed by atoms with Crippen LogP contribution in [0.4, 0.5) is 0 Å². The minimum Gasteiger partial charge on any atom is -0.395 e. The van der Waals surface area contributed by atoms with Crippen molar-refractivity contribution >= 4 is 11.8 Å². The molecule has 2 heterocycles. The Hall–Kier alpha value is -2.67. The van der Waals surface area contributed by atoms with Gasteiger partial charge in [0.15, 0.2) is 0 Å². The molecule has 26 heavy (non-hydrogen) atoms. The summed E-state index contributed by atoms with van der Waals surface area (Å²) in [6, 6.07) is 11.4. The Morgan fingerprint density at radius 1 is 1.35 bits per heavy atom. The molecule has 0 unspecified atom stereocenters. The number of amides is 2. The second-order valence-electron chi connectivity index (χ2n) is 6.51. The van der Waals surface area contributed by atoms with Crippen molar-refractivity contribution in [1.29, 1.82) is 0 Å². The summed E-state index contributed by atoms with van der Waals surface area (Å²) in [7, 11) is 0. The Kier molecular flexibility index (Phi) is 5.37. The van der Waals surface area contributed by atoms with Crippen LogP contribution in [0.1, 0.15) is 25.5 Å². The summed E-state index contributed by atoms with van der Waals surface area (Å²) in [5, 5.41) is 15.8. The molecular weight excluding hydrogens is 334 g/mol. The van der Waals surface area contributed by atoms with Crippen molar-refractivity contribution in [2.45, 2.75) is 31.7 Å². The minimum atomic E-state index is -1.01. The van der Waals surface area contributed by atoms with E-state index in [0.717, 1.165) is 12.0 Å². The van der Waals surface area contributed by atoms with E-state index in [1.165, 1.54) is 6.92 Å². The van der Waals surface area contributed by atoms with Crippen LogP contribution >= 0.6 is 0 Å². The Bertz CT molecular complexity index is 774. The summed E-state index contributed by atoms with van der Waals surface area (Å²) in [6.07, 6.45) is 1.54. The molecule has 1 saturated heterocycles. The maximum absolute atomic E-state index is 12.8. The third-order valence-electron chi connectivity index (χ3n) is 4.78. The first kappa shape index (κ1) is 18.1. The zero-order valence-electron chi connectivity index (χ0n) is 14.8. The number of rotatable bonds is 6. The van der Waals surface area contributed by atoms with Crippen LogP contribution in [-0.4, -0.2) is 52.2 Å². The fourth-order valence-electron chi connectivity index (χ4n) is 3.60. The number of likely N-dealkylation sites (tertiary alicyclic amines) is 1. The van der Waals surface area contributed by atoms with Crippen molar-refractivity contribution in [2.75, 3.05) is 19.7 Å². The van der Waals surface area contributed by atoms with Crippen LogP contribution in [0, 0.1) is 0 Å². The van der Waals surface area contributed by atoms with Gasteiger partial charge in [-0.25, -0.2) is 0 Å². The molecule has 0 bridgehead atoms. The Morgan fingerprint density at radius 2 is 2.12 bits per heavy atom. The summed E-state index contributed by atoms with van der Waals surface area (Å²) in [6.45, 7) is 2.00. The molecule has 0 saturated carbocycles. The number of hydrogen-bond acceptors (Lipinski definition) is 5. The Balaban J connectivity index is 1.88. The predicted molar refractivity (Wildman–Crippen MR) is 95.1 cm³/mol. The molecule has 1 aliphatic heterocycles. The van der Waals surface area contributed by atoms with Crippen LogP contribution in [-0.2, 0) is 16.0 Å². The fraction of sp³-hybridized carbons (Fsp3) is 0.421. The zero-order chi connectivity index (χ0) is 18.6. The number of benzene rings is 1. The smallest absolute Gasteiger partial charge is 0.246 e. The minimum absolute atomic E-state index is 0.149. The van der Waals surface area contributed by atoms with Crippen molar-refractivity contribution in [3.63, 3.8) is 0 Å². The predicted octanol–water partition coefficient (Wildman–Crippen LogP) is 1.37. The lowest BCUT2D eigenvalue weighted by Gasteiger charge is -2.36. The largest absolute Gasteiger partial charge is 0.395 e. The van der Waals surface area contributed by atoms with Crippen LogP contribution in [0.5, 0.6) is 0 Å². The fourth-order valence-corrected chi connectivity index (χ4v) is 3.60. The maximum atomic E-state index is 12.8. The van der Waals surface area contributed by atoms with E-state index in [1.54, 1.807) is 4.90 Å². The first-order chi connectivity index (χ1) is 12.6. The average molecular weight is 357 g/mol. The van der Waals surface area contributed by atoms with E-state index in [2.05, 4.69) is 10.5 Å². The van der Waals surface area contributed by atoms with Gasteiger partial charge in [0, 0.05) is 38.1 Å². The van der Waals surface area contributed by atoms with Crippen molar-refractivity contribution in [3.05, 3.63) is 42.2 Å². The molecule has 3 rings (SSSR count). The molecule has 1 aromatic carbocycles. The monoisotopic (exact) mass is 357 g/mol. The highest BCUT2D eigenvalue weighted by molar-refractivity contribution is 5.91. The first-order valence-electron chi connectivity index (χ1n) is 8.75. The van der Waals surface area contributed by atoms with Gasteiger partial charge < -0.3 is 19.8 Å². The van der Waals surface area contributed by atoms with Gasteiger partial charge in [-0.1, -0.05) is 35.5 Å². The molecule has 1 fully saturated rings. The van der Waals surface area contributed by atoms with Gasteiger partial charge in [-0.15, -0.1) is 0 Å². The SMILES string of the molecule is CC(=O)N1CCC[C@]1(Cc1cc(-c2ccccc2)no1)C(=O)NCCO. The zero-order valence-corrected chi connectivity index (χ0v) is 14.8. The van der Waals surface area contributed by atoms with Gasteiger partial charge in [0.1, 0.15) is 17.0 Å². The molecule has 0 spiro atoms. The van der Waals surface area contributed by atoms with Gasteiger partial charge in [0.25, 0.3) is 0 Å². The van der Waals surface area contributed by atoms with E-state index < -0.39 is 5.54 Å². The summed E-state index contributed by atoms with van der Waals surface area (Å²) in [5.41, 5.74) is 0.615. The third-order valence-corrected chi connectivity index (χ3v) is 4.78. The molecule has 2 aromatic rings. The average Bonchev–Trinajstić information content (AvgIpc) is 3.28. The van der Waals surface area contributed by atoms with Crippen molar-refractivity contribution in [2.24, 2.45) is 0 Å². The van der Waals surface area contributed by atoms with Crippen LogP contribution in [0.25, 0.3) is 11.3 Å². The van der Waals surface area contributed by atoms with E-state index >= 15 is 0 Å². The number of carbonyl (C=O) groups excluding carboxylic acids is 2. The summed E-state index contributed by atoms with van der Waals surface area (Å²) in [5.74, 6) is 0.137. The van der Waals surface area contributed by atoms with Crippen LogP contribution in [0.2, 0.25) is 0 Å². The highest BCUT2D eigenvalue weighted by atomic mass is 16.5. The van der Waals surface area contributed by atoms with Crippen molar-refractivity contribution < 1.29 is 19.2 Å². The van der Waals surface area contributed by atoms with Crippen LogP contribution < -0.4 is 5.32 Å². The second kappa shape index (κ2) is 7.70. The van der Waals surface area contributed by atoms with Crippen molar-refractivity contribution in [3.8, 4) is 11.3 Å². The topological polar surface area (TPSA) is 95.7 Å². The molecule has 2 amide bonds. The molecular formula is C19H23N3O4. The Morgan fingerprint density at radius 3 is 2.81 bits per heavy atom. The van der Waals surface area contributed by atoms with Gasteiger partial charge in [-0.3, -0.25) is 9.59 Å². The van der Waals surface area contributed by atoms with E-state index in [4.69, 9.17) is 9.63 Å². The molecule has 1 aromatic heterocycles. The molecule has 1 atom stereocenters. The molecule has 2 N–H and O–H groups in total. The quantitative estimate of drug-likeness (QED) is 0.814. The van der Waals surface area contributed by atoms with Gasteiger partial charge in [-0.2, -0.15) is 0 Å². The number of nitrogens with one attached hydrogen (secondary N) is 1. The highest BCUT2D eigenvalue weighted by Crippen LogP contribution is 2.34. The molecule has 0 radical (unpaired) electrons. The molecule has 7 nitrogen and oxygen atoms in total. The number of aliphatic hydroxyl groups excluding tert-OH is 1. The standard InChI is InChI=1S/C19H23N3O4/c1-14(24)22-10-5-8-19(22,18(25)20-9-11-23)13-16-12-17(21-26-16)15-6-3-2-4-7-15/h2-4,6-7,12,23H,5,8-11,13H2,1H3,(H,20,25)/t19-/m0/s1. The number of nitrogens with zero attached hydrogens (tertiary/aromatic N) is 2. The molecule has 1 aliphatic rings. The van der Waals surface area contributed by atoms with E-state index in [0.29, 0.717) is 24.4 Å². The van der Waals surface area contributed by atoms with Gasteiger partial charge in [0.2, 0.25) is 11.8 Å². The van der Waals surface area contributed by atoms with E-state index in [9.17, 15) is 9.59 Å². The summed E-state index contributed by atoms with van der Waals surface area (Å²) in [4.78, 5) is 26.6. The maximum Gasteiger partial charge on any atom is 0.246 e. The van der Waals surface area contributed by atoms with E-state index in [-0.39, 0.29) is 31.4 Å². The third kappa shape index (κ3) is 3.48. The lowest BCUT2D eigenvalue weighted by atomic mass is 9.89. The van der Waals surface area contributed by atoms with Crippen LogP contribution in [0.3, 0.4) is 0 Å². The van der Waals surface area contributed by atoms with Crippen LogP contribution in [0.15, 0.2) is 40.9 Å². The number of carbonyl (C=O) groups is 2. The Labute approximate surface area is 152 Å². The lowest BCUT2D eigenvalue weighted by molar-refractivity contribution is -0.144. The second-order valence-corrected chi connectivity index (χ2v) is 6.51. The van der Waals surface area contributed by atoms with Gasteiger partial charge in [-0.05, 0) is 12.8 Å². The summed E-state index contributed by atoms with van der Waals surface area (Å²) < 4.78 is 5.47. The van der Waals surface area contributed by atoms with Gasteiger partial charge >= 0.3 is 0 Å². The first-order valence-corrected chi connectivity index (χ1v) is 8.75. The highest BCUT2D eigenvalue weighted by Gasteiger charge is 2.49. The molecule has 7 heteroatoms. The molecule has 0 aliphatic carbocycles. The summed E-state index contributed by atoms with van der Waals surface area (Å²) >= 11 is 0. The number of hydrogen-bond donors (Lipinski definition) is 2. The number of aliphatic hydroxyl groups is 1.